The third-order valence-electron chi connectivity index (χ3n) is 2.26. The van der Waals surface area contributed by atoms with Gasteiger partial charge in [0, 0.05) is 4.47 Å². The first kappa shape index (κ1) is 16.7. The molecule has 0 saturated carbocycles. The van der Waals surface area contributed by atoms with Crippen LogP contribution in [0, 0.1) is 0 Å². The summed E-state index contributed by atoms with van der Waals surface area (Å²) < 4.78 is 10.4. The summed E-state index contributed by atoms with van der Waals surface area (Å²) in [7, 11) is 1.16. The molecule has 0 bridgehead atoms. The number of halogens is 2. The first-order chi connectivity index (χ1) is 9.47. The minimum absolute atomic E-state index is 0.337. The average Bonchev–Trinajstić information content (AvgIpc) is 2.43. The first-order valence-corrected chi connectivity index (χ1v) is 6.71. The van der Waals surface area contributed by atoms with E-state index in [9.17, 15) is 9.59 Å². The number of carbonyl (C=O) groups is 2. The van der Waals surface area contributed by atoms with Crippen LogP contribution >= 0.6 is 27.5 Å². The molecule has 8 heteroatoms. The van der Waals surface area contributed by atoms with E-state index in [0.29, 0.717) is 10.8 Å². The Kier molecular flexibility index (Phi) is 6.77. The van der Waals surface area contributed by atoms with Crippen LogP contribution in [0.15, 0.2) is 22.7 Å². The van der Waals surface area contributed by atoms with Crippen molar-refractivity contribution in [1.29, 1.82) is 0 Å². The molecule has 0 aromatic heterocycles. The second-order valence-electron chi connectivity index (χ2n) is 3.69. The molecule has 0 radical (unpaired) electrons. The summed E-state index contributed by atoms with van der Waals surface area (Å²) in [5.41, 5.74) is 0. The van der Waals surface area contributed by atoms with E-state index in [-0.39, 0.29) is 6.61 Å². The Hall–Kier alpha value is -1.31. The maximum atomic E-state index is 11.6. The number of hydrogen-bond donors (Lipinski definition) is 2. The zero-order valence-electron chi connectivity index (χ0n) is 10.6. The second-order valence-corrected chi connectivity index (χ2v) is 5.01. The minimum atomic E-state index is -1.11. The van der Waals surface area contributed by atoms with Crippen LogP contribution in [0.4, 0.5) is 0 Å². The molecule has 2 N–H and O–H groups in total. The Morgan fingerprint density at radius 3 is 2.75 bits per heavy atom. The lowest BCUT2D eigenvalue weighted by atomic mass is 10.3. The number of hydrogen-bond acceptors (Lipinski definition) is 5. The maximum absolute atomic E-state index is 11.6. The van der Waals surface area contributed by atoms with Gasteiger partial charge in [-0.1, -0.05) is 27.5 Å². The van der Waals surface area contributed by atoms with Gasteiger partial charge in [0.2, 0.25) is 0 Å². The third-order valence-corrected chi connectivity index (χ3v) is 3.04. The van der Waals surface area contributed by atoms with Gasteiger partial charge in [0.1, 0.15) is 5.75 Å². The molecule has 0 heterocycles. The largest absolute Gasteiger partial charge is 0.482 e. The zero-order chi connectivity index (χ0) is 15.1. The summed E-state index contributed by atoms with van der Waals surface area (Å²) in [6.07, 6.45) is 0. The molecule has 1 aromatic carbocycles. The van der Waals surface area contributed by atoms with Crippen molar-refractivity contribution in [2.75, 3.05) is 20.3 Å². The summed E-state index contributed by atoms with van der Waals surface area (Å²) in [5.74, 6) is -0.973. The van der Waals surface area contributed by atoms with Crippen molar-refractivity contribution < 1.29 is 24.2 Å². The molecule has 0 unspecified atom stereocenters. The molecule has 6 nitrogen and oxygen atoms in total. The lowest BCUT2D eigenvalue weighted by molar-refractivity contribution is -0.146. The Bertz CT molecular complexity index is 497. The number of rotatable bonds is 6. The highest BCUT2D eigenvalue weighted by molar-refractivity contribution is 9.10. The number of aliphatic hydroxyl groups is 1. The molecule has 0 aliphatic rings. The van der Waals surface area contributed by atoms with E-state index in [1.807, 2.05) is 0 Å². The molecule has 1 amide bonds. The summed E-state index contributed by atoms with van der Waals surface area (Å²) in [5, 5.41) is 11.6. The average molecular weight is 367 g/mol. The number of aliphatic hydroxyl groups excluding tert-OH is 1. The number of carbonyl (C=O) groups excluding carboxylic acids is 2. The van der Waals surface area contributed by atoms with Crippen LogP contribution in [0.1, 0.15) is 0 Å². The van der Waals surface area contributed by atoms with Crippen molar-refractivity contribution in [2.45, 2.75) is 6.04 Å². The lowest BCUT2D eigenvalue weighted by Crippen LogP contribution is -2.45. The van der Waals surface area contributed by atoms with E-state index in [1.165, 1.54) is 0 Å². The molecule has 0 aliphatic heterocycles. The highest BCUT2D eigenvalue weighted by atomic mass is 79.9. The fourth-order valence-corrected chi connectivity index (χ4v) is 2.02. The van der Waals surface area contributed by atoms with Crippen molar-refractivity contribution in [3.05, 3.63) is 27.7 Å². The van der Waals surface area contributed by atoms with Gasteiger partial charge in [-0.2, -0.15) is 0 Å². The fourth-order valence-electron chi connectivity index (χ4n) is 1.29. The Morgan fingerprint density at radius 2 is 2.20 bits per heavy atom. The highest BCUT2D eigenvalue weighted by Gasteiger charge is 2.20. The molecular weight excluding hydrogens is 353 g/mol. The van der Waals surface area contributed by atoms with E-state index < -0.39 is 24.5 Å². The molecule has 20 heavy (non-hydrogen) atoms. The Balaban J connectivity index is 2.52. The molecule has 1 rings (SSSR count). The fraction of sp³-hybridized carbons (Fsp3) is 0.333. The van der Waals surface area contributed by atoms with Crippen LogP contribution in [-0.4, -0.2) is 43.3 Å². The van der Waals surface area contributed by atoms with Crippen LogP contribution in [-0.2, 0) is 14.3 Å². The molecule has 0 aliphatic carbocycles. The lowest BCUT2D eigenvalue weighted by Gasteiger charge is -2.14. The van der Waals surface area contributed by atoms with Gasteiger partial charge in [0.25, 0.3) is 5.91 Å². The topological polar surface area (TPSA) is 84.9 Å². The van der Waals surface area contributed by atoms with E-state index in [2.05, 4.69) is 26.0 Å². The second kappa shape index (κ2) is 8.08. The van der Waals surface area contributed by atoms with Crippen LogP contribution < -0.4 is 10.1 Å². The van der Waals surface area contributed by atoms with Crippen molar-refractivity contribution >= 4 is 39.4 Å². The molecular formula is C12H13BrClNO5. The van der Waals surface area contributed by atoms with Crippen LogP contribution in [0.2, 0.25) is 5.02 Å². The number of ether oxygens (including phenoxy) is 2. The van der Waals surface area contributed by atoms with Crippen molar-refractivity contribution in [2.24, 2.45) is 0 Å². The molecule has 0 saturated heterocycles. The number of amides is 1. The normalized spacial score (nSPS) is 11.6. The zero-order valence-corrected chi connectivity index (χ0v) is 12.9. The Labute approximate surface area is 129 Å². The van der Waals surface area contributed by atoms with Gasteiger partial charge in [-0.25, -0.2) is 4.79 Å². The van der Waals surface area contributed by atoms with Crippen LogP contribution in [0.5, 0.6) is 5.75 Å². The van der Waals surface area contributed by atoms with E-state index in [4.69, 9.17) is 21.4 Å². The standard InChI is InChI=1S/C12H13BrClNO5/c1-19-12(18)9(5-16)15-11(17)6-20-10-3-2-7(13)4-8(10)14/h2-4,9,16H,5-6H2,1H3,(H,15,17)/t9-/m1/s1. The molecule has 110 valence electrons. The van der Waals surface area contributed by atoms with Crippen molar-refractivity contribution in [1.82, 2.24) is 5.32 Å². The van der Waals surface area contributed by atoms with Crippen molar-refractivity contribution in [3.8, 4) is 5.75 Å². The van der Waals surface area contributed by atoms with Crippen molar-refractivity contribution in [3.63, 3.8) is 0 Å². The number of nitrogens with one attached hydrogen (secondary N) is 1. The van der Waals surface area contributed by atoms with E-state index >= 15 is 0 Å². The third kappa shape index (κ3) is 4.99. The summed E-state index contributed by atoms with van der Waals surface area (Å²) in [6.45, 7) is -0.897. The summed E-state index contributed by atoms with van der Waals surface area (Å²) in [6, 6.07) is 3.82. The maximum Gasteiger partial charge on any atom is 0.330 e. The van der Waals surface area contributed by atoms with Gasteiger partial charge < -0.3 is 19.9 Å². The molecule has 1 atom stereocenters. The van der Waals surface area contributed by atoms with Gasteiger partial charge in [-0.15, -0.1) is 0 Å². The Morgan fingerprint density at radius 1 is 1.50 bits per heavy atom. The molecule has 0 fully saturated rings. The molecule has 1 aromatic rings. The highest BCUT2D eigenvalue weighted by Crippen LogP contribution is 2.27. The predicted octanol–water partition coefficient (Wildman–Crippen LogP) is 1.13. The summed E-state index contributed by atoms with van der Waals surface area (Å²) >= 11 is 9.16. The summed E-state index contributed by atoms with van der Waals surface area (Å²) in [4.78, 5) is 22.8. The van der Waals surface area contributed by atoms with E-state index in [1.54, 1.807) is 18.2 Å². The van der Waals surface area contributed by atoms with Gasteiger partial charge in [-0.05, 0) is 18.2 Å². The first-order valence-electron chi connectivity index (χ1n) is 5.53. The van der Waals surface area contributed by atoms with Gasteiger partial charge in [0.15, 0.2) is 12.6 Å². The van der Waals surface area contributed by atoms with Gasteiger partial charge in [-0.3, -0.25) is 4.79 Å². The quantitative estimate of drug-likeness (QED) is 0.737. The van der Waals surface area contributed by atoms with Crippen LogP contribution in [0.3, 0.4) is 0 Å². The number of esters is 1. The SMILES string of the molecule is COC(=O)[C@@H](CO)NC(=O)COc1ccc(Br)cc1Cl. The smallest absolute Gasteiger partial charge is 0.330 e. The minimum Gasteiger partial charge on any atom is -0.482 e. The number of methoxy groups -OCH3 is 1. The van der Waals surface area contributed by atoms with E-state index in [0.717, 1.165) is 11.6 Å². The number of benzene rings is 1. The molecule has 0 spiro atoms. The van der Waals surface area contributed by atoms with Gasteiger partial charge in [0.05, 0.1) is 18.7 Å². The predicted molar refractivity (Wildman–Crippen MR) is 75.7 cm³/mol. The van der Waals surface area contributed by atoms with Crippen LogP contribution in [0.25, 0.3) is 0 Å². The van der Waals surface area contributed by atoms with Gasteiger partial charge >= 0.3 is 5.97 Å². The monoisotopic (exact) mass is 365 g/mol.